The van der Waals surface area contributed by atoms with Crippen LogP contribution in [0.15, 0.2) is 77.4 Å². The van der Waals surface area contributed by atoms with Crippen molar-refractivity contribution >= 4 is 39.0 Å². The van der Waals surface area contributed by atoms with Crippen LogP contribution in [0.25, 0.3) is 0 Å². The molecule has 0 aliphatic carbocycles. The lowest BCUT2D eigenvalue weighted by atomic mass is 10.2. The number of amides is 1. The largest absolute Gasteiger partial charge is 0.329 e. The molecule has 0 aliphatic rings. The molecule has 0 radical (unpaired) electrons. The summed E-state index contributed by atoms with van der Waals surface area (Å²) < 4.78 is 0.760. The molecular weight excluding hydrogens is 366 g/mol. The summed E-state index contributed by atoms with van der Waals surface area (Å²) in [5.74, 6) is 0.633. The van der Waals surface area contributed by atoms with Crippen LogP contribution in [0.3, 0.4) is 0 Å². The molecule has 4 nitrogen and oxygen atoms in total. The van der Waals surface area contributed by atoms with Crippen LogP contribution in [-0.2, 0) is 0 Å². The second-order valence-corrected chi connectivity index (χ2v) is 6.09. The molecule has 2 aromatic carbocycles. The van der Waals surface area contributed by atoms with E-state index in [4.69, 9.17) is 0 Å². The van der Waals surface area contributed by atoms with Crippen LogP contribution in [0.2, 0.25) is 0 Å². The van der Waals surface area contributed by atoms with Crippen LogP contribution in [0.5, 0.6) is 0 Å². The molecule has 0 saturated heterocycles. The second kappa shape index (κ2) is 7.27. The highest BCUT2D eigenvalue weighted by Gasteiger charge is 2.10. The number of pyridine rings is 1. The van der Waals surface area contributed by atoms with Crippen molar-refractivity contribution in [2.24, 2.45) is 0 Å². The van der Waals surface area contributed by atoms with Crippen molar-refractivity contribution in [1.29, 1.82) is 0 Å². The monoisotopic (exact) mass is 381 g/mol. The zero-order valence-electron chi connectivity index (χ0n) is 13.1. The first-order chi connectivity index (χ1) is 11.6. The minimum atomic E-state index is -0.173. The predicted octanol–water partition coefficient (Wildman–Crippen LogP) is 4.86. The molecule has 1 amide bonds. The first-order valence-corrected chi connectivity index (χ1v) is 8.25. The third-order valence-corrected chi connectivity index (χ3v) is 4.30. The van der Waals surface area contributed by atoms with E-state index >= 15 is 0 Å². The zero-order valence-corrected chi connectivity index (χ0v) is 14.7. The maximum absolute atomic E-state index is 12.3. The van der Waals surface area contributed by atoms with Gasteiger partial charge in [-0.15, -0.1) is 0 Å². The highest BCUT2D eigenvalue weighted by Crippen LogP contribution is 2.23. The average molecular weight is 382 g/mol. The van der Waals surface area contributed by atoms with Crippen molar-refractivity contribution in [3.05, 3.63) is 83.0 Å². The molecule has 120 valence electrons. The molecule has 0 saturated carbocycles. The van der Waals surface area contributed by atoms with Crippen LogP contribution in [0.4, 0.5) is 17.2 Å². The molecule has 0 fully saturated rings. The Kier molecular flexibility index (Phi) is 4.91. The summed E-state index contributed by atoms with van der Waals surface area (Å²) in [5, 5.41) is 2.85. The smallest absolute Gasteiger partial charge is 0.256 e. The highest BCUT2D eigenvalue weighted by molar-refractivity contribution is 9.10. The van der Waals surface area contributed by atoms with E-state index in [9.17, 15) is 4.79 Å². The number of halogens is 1. The normalized spacial score (nSPS) is 10.2. The van der Waals surface area contributed by atoms with Gasteiger partial charge in [-0.05, 0) is 52.3 Å². The Labute approximate surface area is 149 Å². The standard InChI is InChI=1S/C19H16BrN3O/c1-23(15-7-3-2-4-8-15)18-12-11-14(13-21-18)22-19(24)16-9-5-6-10-17(16)20/h2-13H,1H3,(H,22,24). The number of hydrogen-bond acceptors (Lipinski definition) is 3. The topological polar surface area (TPSA) is 45.2 Å². The lowest BCUT2D eigenvalue weighted by Gasteiger charge is -2.18. The third-order valence-electron chi connectivity index (χ3n) is 3.61. The van der Waals surface area contributed by atoms with Gasteiger partial charge in [0.15, 0.2) is 0 Å². The van der Waals surface area contributed by atoms with Crippen LogP contribution >= 0.6 is 15.9 Å². The minimum Gasteiger partial charge on any atom is -0.329 e. The van der Waals surface area contributed by atoms with Crippen molar-refractivity contribution in [3.8, 4) is 0 Å². The number of aromatic nitrogens is 1. The molecule has 1 aromatic heterocycles. The fourth-order valence-electron chi connectivity index (χ4n) is 2.29. The van der Waals surface area contributed by atoms with E-state index in [0.29, 0.717) is 11.3 Å². The van der Waals surface area contributed by atoms with Crippen LogP contribution in [-0.4, -0.2) is 17.9 Å². The molecule has 1 N–H and O–H groups in total. The average Bonchev–Trinajstić information content (AvgIpc) is 2.63. The molecule has 0 aliphatic heterocycles. The number of anilines is 3. The Morgan fingerprint density at radius 3 is 2.38 bits per heavy atom. The fraction of sp³-hybridized carbons (Fsp3) is 0.0526. The summed E-state index contributed by atoms with van der Waals surface area (Å²) >= 11 is 3.38. The quantitative estimate of drug-likeness (QED) is 0.701. The Hall–Kier alpha value is -2.66. The van der Waals surface area contributed by atoms with Gasteiger partial charge in [0, 0.05) is 17.2 Å². The summed E-state index contributed by atoms with van der Waals surface area (Å²) in [6, 6.07) is 21.0. The van der Waals surface area contributed by atoms with Gasteiger partial charge in [0.2, 0.25) is 0 Å². The summed E-state index contributed by atoms with van der Waals surface area (Å²) in [4.78, 5) is 18.7. The molecular formula is C19H16BrN3O. The third kappa shape index (κ3) is 3.63. The molecule has 0 unspecified atom stereocenters. The minimum absolute atomic E-state index is 0.173. The van der Waals surface area contributed by atoms with Crippen molar-refractivity contribution in [3.63, 3.8) is 0 Å². The molecule has 3 rings (SSSR count). The van der Waals surface area contributed by atoms with Gasteiger partial charge >= 0.3 is 0 Å². The SMILES string of the molecule is CN(c1ccccc1)c1ccc(NC(=O)c2ccccc2Br)cn1. The van der Waals surface area contributed by atoms with E-state index in [1.54, 1.807) is 12.3 Å². The first kappa shape index (κ1) is 16.2. The second-order valence-electron chi connectivity index (χ2n) is 5.23. The van der Waals surface area contributed by atoms with E-state index < -0.39 is 0 Å². The van der Waals surface area contributed by atoms with Gasteiger partial charge in [-0.1, -0.05) is 30.3 Å². The number of para-hydroxylation sites is 1. The lowest BCUT2D eigenvalue weighted by Crippen LogP contribution is -2.14. The molecule has 0 spiro atoms. The maximum Gasteiger partial charge on any atom is 0.256 e. The number of hydrogen-bond donors (Lipinski definition) is 1. The highest BCUT2D eigenvalue weighted by atomic mass is 79.9. The van der Waals surface area contributed by atoms with Crippen molar-refractivity contribution in [2.45, 2.75) is 0 Å². The van der Waals surface area contributed by atoms with Gasteiger partial charge in [-0.3, -0.25) is 4.79 Å². The van der Waals surface area contributed by atoms with Gasteiger partial charge in [-0.25, -0.2) is 4.98 Å². The molecule has 1 heterocycles. The Balaban J connectivity index is 1.73. The Bertz CT molecular complexity index is 835. The van der Waals surface area contributed by atoms with E-state index in [0.717, 1.165) is 16.0 Å². The summed E-state index contributed by atoms with van der Waals surface area (Å²) in [6.07, 6.45) is 1.66. The van der Waals surface area contributed by atoms with Crippen LogP contribution in [0.1, 0.15) is 10.4 Å². The maximum atomic E-state index is 12.3. The Morgan fingerprint density at radius 1 is 1.00 bits per heavy atom. The molecule has 24 heavy (non-hydrogen) atoms. The predicted molar refractivity (Wildman–Crippen MR) is 101 cm³/mol. The van der Waals surface area contributed by atoms with Gasteiger partial charge in [0.1, 0.15) is 5.82 Å². The number of nitrogens with one attached hydrogen (secondary N) is 1. The molecule has 0 atom stereocenters. The fourth-order valence-corrected chi connectivity index (χ4v) is 2.75. The zero-order chi connectivity index (χ0) is 16.9. The molecule has 0 bridgehead atoms. The van der Waals surface area contributed by atoms with Gasteiger partial charge in [-0.2, -0.15) is 0 Å². The van der Waals surface area contributed by atoms with Crippen molar-refractivity contribution in [2.75, 3.05) is 17.3 Å². The van der Waals surface area contributed by atoms with Gasteiger partial charge < -0.3 is 10.2 Å². The van der Waals surface area contributed by atoms with Crippen LogP contribution in [0, 0.1) is 0 Å². The van der Waals surface area contributed by atoms with E-state index in [1.807, 2.05) is 72.6 Å². The summed E-state index contributed by atoms with van der Waals surface area (Å²) in [6.45, 7) is 0. The number of benzene rings is 2. The molecule has 3 aromatic rings. The van der Waals surface area contributed by atoms with Gasteiger partial charge in [0.25, 0.3) is 5.91 Å². The van der Waals surface area contributed by atoms with E-state index in [-0.39, 0.29) is 5.91 Å². The van der Waals surface area contributed by atoms with Crippen LogP contribution < -0.4 is 10.2 Å². The van der Waals surface area contributed by atoms with E-state index in [1.165, 1.54) is 0 Å². The number of rotatable bonds is 4. The van der Waals surface area contributed by atoms with E-state index in [2.05, 4.69) is 26.2 Å². The first-order valence-electron chi connectivity index (χ1n) is 7.46. The van der Waals surface area contributed by atoms with Gasteiger partial charge in [0.05, 0.1) is 17.4 Å². The number of carbonyl (C=O) groups excluding carboxylic acids is 1. The van der Waals surface area contributed by atoms with Crippen molar-refractivity contribution < 1.29 is 4.79 Å². The Morgan fingerprint density at radius 2 is 1.71 bits per heavy atom. The summed E-state index contributed by atoms with van der Waals surface area (Å²) in [5.41, 5.74) is 2.29. The lowest BCUT2D eigenvalue weighted by molar-refractivity contribution is 0.102. The van der Waals surface area contributed by atoms with Crippen molar-refractivity contribution in [1.82, 2.24) is 4.98 Å². The summed E-state index contributed by atoms with van der Waals surface area (Å²) in [7, 11) is 1.96. The number of carbonyl (C=O) groups is 1. The number of nitrogens with zero attached hydrogens (tertiary/aromatic N) is 2. The molecule has 5 heteroatoms.